The van der Waals surface area contributed by atoms with Crippen LogP contribution in [0.25, 0.3) is 0 Å². The van der Waals surface area contributed by atoms with Crippen LogP contribution in [0.4, 0.5) is 5.69 Å². The topological polar surface area (TPSA) is 41.1 Å². The summed E-state index contributed by atoms with van der Waals surface area (Å²) in [6.45, 7) is 7.90. The van der Waals surface area contributed by atoms with E-state index in [4.69, 9.17) is 11.6 Å². The molecule has 1 unspecified atom stereocenters. The number of amides is 1. The van der Waals surface area contributed by atoms with Crippen molar-refractivity contribution in [2.75, 3.05) is 5.32 Å². The van der Waals surface area contributed by atoms with Crippen LogP contribution in [0.1, 0.15) is 34.1 Å². The van der Waals surface area contributed by atoms with Gasteiger partial charge in [0, 0.05) is 16.2 Å². The molecule has 0 saturated carbocycles. The summed E-state index contributed by atoms with van der Waals surface area (Å²) in [5.41, 5.74) is 0.682. The van der Waals surface area contributed by atoms with Crippen LogP contribution in [0.2, 0.25) is 5.02 Å². The smallest absolute Gasteiger partial charge is 0.242 e. The van der Waals surface area contributed by atoms with E-state index < -0.39 is 0 Å². The molecule has 0 saturated heterocycles. The molecule has 0 spiro atoms. The molecule has 0 aliphatic rings. The van der Waals surface area contributed by atoms with E-state index in [9.17, 15) is 4.79 Å². The van der Waals surface area contributed by atoms with Gasteiger partial charge in [0.15, 0.2) is 0 Å². The van der Waals surface area contributed by atoms with Crippen LogP contribution in [-0.4, -0.2) is 17.5 Å². The molecule has 1 atom stereocenters. The van der Waals surface area contributed by atoms with Gasteiger partial charge in [-0.3, -0.25) is 4.79 Å². The average Bonchev–Trinajstić information content (AvgIpc) is 2.25. The van der Waals surface area contributed by atoms with E-state index in [1.807, 2.05) is 39.8 Å². The molecule has 0 bridgehead atoms. The maximum Gasteiger partial charge on any atom is 0.242 e. The first-order valence-corrected chi connectivity index (χ1v) is 6.54. The number of hydrogen-bond acceptors (Lipinski definition) is 2. The highest BCUT2D eigenvalue weighted by atomic mass is 35.5. The molecule has 1 aromatic rings. The van der Waals surface area contributed by atoms with Crippen molar-refractivity contribution in [2.45, 2.75) is 45.7 Å². The van der Waals surface area contributed by atoms with Crippen molar-refractivity contribution in [1.29, 1.82) is 0 Å². The lowest BCUT2D eigenvalue weighted by atomic mass is 10.1. The second-order valence-corrected chi connectivity index (χ2v) is 5.79. The molecule has 2 N–H and O–H groups in total. The minimum absolute atomic E-state index is 0.0138. The lowest BCUT2D eigenvalue weighted by molar-refractivity contribution is -0.123. The van der Waals surface area contributed by atoms with Crippen molar-refractivity contribution in [1.82, 2.24) is 5.32 Å². The van der Waals surface area contributed by atoms with Crippen LogP contribution in [0.15, 0.2) is 24.3 Å². The minimum Gasteiger partial charge on any atom is -0.374 e. The van der Waals surface area contributed by atoms with Gasteiger partial charge in [-0.05, 0) is 51.5 Å². The second-order valence-electron chi connectivity index (χ2n) is 5.35. The van der Waals surface area contributed by atoms with Gasteiger partial charge in [-0.25, -0.2) is 0 Å². The van der Waals surface area contributed by atoms with Gasteiger partial charge in [0.1, 0.15) is 6.04 Å². The molecular formula is C14H21ClN2O. The zero-order valence-corrected chi connectivity index (χ0v) is 12.1. The number of halogens is 1. The average molecular weight is 269 g/mol. The van der Waals surface area contributed by atoms with E-state index in [0.29, 0.717) is 5.02 Å². The van der Waals surface area contributed by atoms with Crippen molar-refractivity contribution < 1.29 is 4.79 Å². The Balaban J connectivity index is 2.67. The Hall–Kier alpha value is -1.22. The monoisotopic (exact) mass is 268 g/mol. The van der Waals surface area contributed by atoms with Gasteiger partial charge in [-0.2, -0.15) is 0 Å². The molecule has 0 fully saturated rings. The highest BCUT2D eigenvalue weighted by molar-refractivity contribution is 6.30. The standard InChI is InChI=1S/C14H21ClN2O/c1-5-12(13(18)17-14(2,3)4)16-11-8-6-10(15)7-9-11/h6-9,12,16H,5H2,1-4H3,(H,17,18). The summed E-state index contributed by atoms with van der Waals surface area (Å²) in [5.74, 6) is 0.0138. The number of nitrogens with one attached hydrogen (secondary N) is 2. The van der Waals surface area contributed by atoms with E-state index in [0.717, 1.165) is 12.1 Å². The fourth-order valence-corrected chi connectivity index (χ4v) is 1.68. The maximum absolute atomic E-state index is 12.1. The van der Waals surface area contributed by atoms with Gasteiger partial charge < -0.3 is 10.6 Å². The zero-order chi connectivity index (χ0) is 13.8. The summed E-state index contributed by atoms with van der Waals surface area (Å²) in [7, 11) is 0. The van der Waals surface area contributed by atoms with Crippen LogP contribution in [0.5, 0.6) is 0 Å². The SMILES string of the molecule is CCC(Nc1ccc(Cl)cc1)C(=O)NC(C)(C)C. The maximum atomic E-state index is 12.1. The molecule has 100 valence electrons. The first-order chi connectivity index (χ1) is 8.31. The number of benzene rings is 1. The van der Waals surface area contributed by atoms with Gasteiger partial charge in [-0.1, -0.05) is 18.5 Å². The zero-order valence-electron chi connectivity index (χ0n) is 11.4. The largest absolute Gasteiger partial charge is 0.374 e. The predicted octanol–water partition coefficient (Wildman–Crippen LogP) is 3.45. The molecule has 0 aliphatic heterocycles. The normalized spacial score (nSPS) is 12.9. The summed E-state index contributed by atoms with van der Waals surface area (Å²) < 4.78 is 0. The van der Waals surface area contributed by atoms with Crippen LogP contribution >= 0.6 is 11.6 Å². The molecule has 4 heteroatoms. The number of carbonyl (C=O) groups is 1. The van der Waals surface area contributed by atoms with Crippen LogP contribution in [0, 0.1) is 0 Å². The molecule has 18 heavy (non-hydrogen) atoms. The third kappa shape index (κ3) is 4.96. The lowest BCUT2D eigenvalue weighted by Gasteiger charge is -2.25. The summed E-state index contributed by atoms with van der Waals surface area (Å²) in [4.78, 5) is 12.1. The Kier molecular flexibility index (Phi) is 5.03. The molecule has 3 nitrogen and oxygen atoms in total. The van der Waals surface area contributed by atoms with Crippen LogP contribution in [0.3, 0.4) is 0 Å². The van der Waals surface area contributed by atoms with Crippen molar-refractivity contribution in [3.63, 3.8) is 0 Å². The Bertz CT molecular complexity index is 395. The summed E-state index contributed by atoms with van der Waals surface area (Å²) in [6.07, 6.45) is 0.727. The summed E-state index contributed by atoms with van der Waals surface area (Å²) in [6, 6.07) is 7.12. The molecule has 1 rings (SSSR count). The van der Waals surface area contributed by atoms with Gasteiger partial charge in [0.25, 0.3) is 0 Å². The summed E-state index contributed by atoms with van der Waals surface area (Å²) >= 11 is 5.82. The Morgan fingerprint density at radius 2 is 1.83 bits per heavy atom. The fourth-order valence-electron chi connectivity index (χ4n) is 1.56. The molecule has 0 aromatic heterocycles. The van der Waals surface area contributed by atoms with Crippen molar-refractivity contribution in [2.24, 2.45) is 0 Å². The highest BCUT2D eigenvalue weighted by Crippen LogP contribution is 2.15. The Labute approximate surface area is 114 Å². The van der Waals surface area contributed by atoms with Gasteiger partial charge in [0.2, 0.25) is 5.91 Å². The van der Waals surface area contributed by atoms with Gasteiger partial charge in [-0.15, -0.1) is 0 Å². The van der Waals surface area contributed by atoms with Gasteiger partial charge >= 0.3 is 0 Å². The van der Waals surface area contributed by atoms with Crippen LogP contribution in [-0.2, 0) is 4.79 Å². The van der Waals surface area contributed by atoms with Crippen molar-refractivity contribution >= 4 is 23.2 Å². The molecule has 0 radical (unpaired) electrons. The summed E-state index contributed by atoms with van der Waals surface area (Å²) in [5, 5.41) is 6.87. The second kappa shape index (κ2) is 6.10. The van der Waals surface area contributed by atoms with Crippen molar-refractivity contribution in [3.8, 4) is 0 Å². The lowest BCUT2D eigenvalue weighted by Crippen LogP contribution is -2.48. The number of hydrogen-bond donors (Lipinski definition) is 2. The number of rotatable bonds is 4. The van der Waals surface area contributed by atoms with E-state index in [-0.39, 0.29) is 17.5 Å². The van der Waals surface area contributed by atoms with Gasteiger partial charge in [0.05, 0.1) is 0 Å². The first kappa shape index (κ1) is 14.8. The fraction of sp³-hybridized carbons (Fsp3) is 0.500. The molecule has 0 aliphatic carbocycles. The molecule has 1 aromatic carbocycles. The predicted molar refractivity (Wildman–Crippen MR) is 77.0 cm³/mol. The Morgan fingerprint density at radius 3 is 2.28 bits per heavy atom. The highest BCUT2D eigenvalue weighted by Gasteiger charge is 2.21. The quantitative estimate of drug-likeness (QED) is 0.878. The first-order valence-electron chi connectivity index (χ1n) is 6.16. The minimum atomic E-state index is -0.231. The third-order valence-electron chi connectivity index (χ3n) is 2.41. The third-order valence-corrected chi connectivity index (χ3v) is 2.66. The Morgan fingerprint density at radius 1 is 1.28 bits per heavy atom. The van der Waals surface area contributed by atoms with Crippen LogP contribution < -0.4 is 10.6 Å². The van der Waals surface area contributed by atoms with E-state index in [1.54, 1.807) is 12.1 Å². The van der Waals surface area contributed by atoms with E-state index in [1.165, 1.54) is 0 Å². The molecule has 1 amide bonds. The molecular weight excluding hydrogens is 248 g/mol. The van der Waals surface area contributed by atoms with E-state index in [2.05, 4.69) is 10.6 Å². The van der Waals surface area contributed by atoms with Crippen molar-refractivity contribution in [3.05, 3.63) is 29.3 Å². The number of anilines is 1. The molecule has 0 heterocycles. The van der Waals surface area contributed by atoms with E-state index >= 15 is 0 Å². The number of carbonyl (C=O) groups excluding carboxylic acids is 1.